The lowest BCUT2D eigenvalue weighted by Crippen LogP contribution is -2.25. The third-order valence-corrected chi connectivity index (χ3v) is 2.98. The second-order valence-corrected chi connectivity index (χ2v) is 4.52. The quantitative estimate of drug-likeness (QED) is 0.735. The van der Waals surface area contributed by atoms with E-state index in [0.717, 1.165) is 24.9 Å². The molecule has 6 nitrogen and oxygen atoms in total. The molecule has 20 heavy (non-hydrogen) atoms. The van der Waals surface area contributed by atoms with Gasteiger partial charge in [-0.15, -0.1) is 0 Å². The van der Waals surface area contributed by atoms with Crippen molar-refractivity contribution in [3.63, 3.8) is 0 Å². The summed E-state index contributed by atoms with van der Waals surface area (Å²) in [4.78, 5) is 19.9. The molecule has 3 N–H and O–H groups in total. The summed E-state index contributed by atoms with van der Waals surface area (Å²) in [5.74, 6) is -0.142. The van der Waals surface area contributed by atoms with Crippen LogP contribution in [0.1, 0.15) is 28.9 Å². The summed E-state index contributed by atoms with van der Waals surface area (Å²) in [5.41, 5.74) is 6.83. The molecular weight excluding hydrogens is 254 g/mol. The first kappa shape index (κ1) is 14.2. The highest BCUT2D eigenvalue weighted by atomic mass is 16.1. The Morgan fingerprint density at radius 1 is 1.35 bits per heavy atom. The number of nitrogens with two attached hydrogens (primary N) is 1. The lowest BCUT2D eigenvalue weighted by Gasteiger charge is -2.05. The fourth-order valence-corrected chi connectivity index (χ4v) is 1.81. The van der Waals surface area contributed by atoms with Gasteiger partial charge in [0.25, 0.3) is 5.91 Å². The van der Waals surface area contributed by atoms with E-state index < -0.39 is 0 Å². The lowest BCUT2D eigenvalue weighted by atomic mass is 10.2. The van der Waals surface area contributed by atoms with Crippen molar-refractivity contribution in [2.75, 3.05) is 6.54 Å². The number of carbonyl (C=O) groups is 1. The van der Waals surface area contributed by atoms with Crippen molar-refractivity contribution >= 4 is 5.91 Å². The Bertz CT molecular complexity index is 521. The number of rotatable bonds is 7. The maximum atomic E-state index is 11.8. The van der Waals surface area contributed by atoms with Gasteiger partial charge >= 0.3 is 0 Å². The van der Waals surface area contributed by atoms with Crippen LogP contribution in [-0.4, -0.2) is 27.0 Å². The van der Waals surface area contributed by atoms with Crippen LogP contribution in [0, 0.1) is 0 Å². The van der Waals surface area contributed by atoms with Gasteiger partial charge in [0, 0.05) is 38.2 Å². The Balaban J connectivity index is 1.66. The predicted octanol–water partition coefficient (Wildman–Crippen LogP) is 0.947. The summed E-state index contributed by atoms with van der Waals surface area (Å²) in [6.45, 7) is 2.00. The Kier molecular flexibility index (Phi) is 5.25. The summed E-state index contributed by atoms with van der Waals surface area (Å²) >= 11 is 0. The van der Waals surface area contributed by atoms with Crippen LogP contribution in [0.25, 0.3) is 0 Å². The van der Waals surface area contributed by atoms with Crippen molar-refractivity contribution in [2.24, 2.45) is 5.73 Å². The second-order valence-electron chi connectivity index (χ2n) is 4.52. The van der Waals surface area contributed by atoms with Crippen molar-refractivity contribution in [3.05, 3.63) is 48.3 Å². The molecule has 0 saturated carbocycles. The van der Waals surface area contributed by atoms with Gasteiger partial charge < -0.3 is 15.6 Å². The molecule has 0 unspecified atom stereocenters. The number of hydrogen-bond donors (Lipinski definition) is 2. The molecule has 0 saturated heterocycles. The molecule has 0 bridgehead atoms. The van der Waals surface area contributed by atoms with E-state index in [1.54, 1.807) is 24.8 Å². The number of amides is 1. The van der Waals surface area contributed by atoms with Gasteiger partial charge in [0.15, 0.2) is 0 Å². The fourth-order valence-electron chi connectivity index (χ4n) is 1.81. The van der Waals surface area contributed by atoms with Crippen LogP contribution in [0.5, 0.6) is 0 Å². The highest BCUT2D eigenvalue weighted by molar-refractivity contribution is 5.92. The molecule has 2 aromatic rings. The number of unbranched alkanes of at least 4 members (excludes halogenated alkanes) is 1. The topological polar surface area (TPSA) is 85.8 Å². The number of aryl methyl sites for hydroxylation is 1. The Morgan fingerprint density at radius 3 is 2.90 bits per heavy atom. The van der Waals surface area contributed by atoms with Crippen LogP contribution >= 0.6 is 0 Å². The number of pyridine rings is 1. The van der Waals surface area contributed by atoms with Crippen LogP contribution in [0.15, 0.2) is 37.1 Å². The monoisotopic (exact) mass is 273 g/mol. The molecule has 0 aliphatic carbocycles. The average Bonchev–Trinajstić information content (AvgIpc) is 3.00. The molecule has 0 radical (unpaired) electrons. The van der Waals surface area contributed by atoms with Crippen molar-refractivity contribution in [1.29, 1.82) is 0 Å². The summed E-state index contributed by atoms with van der Waals surface area (Å²) in [6.07, 6.45) is 9.04. The van der Waals surface area contributed by atoms with Gasteiger partial charge in [-0.1, -0.05) is 6.07 Å². The Hall–Kier alpha value is -2.21. The van der Waals surface area contributed by atoms with E-state index in [-0.39, 0.29) is 5.91 Å². The highest BCUT2D eigenvalue weighted by Gasteiger charge is 2.05. The summed E-state index contributed by atoms with van der Waals surface area (Å²) < 4.78 is 2.02. The van der Waals surface area contributed by atoms with E-state index in [2.05, 4.69) is 15.3 Å². The first-order chi connectivity index (χ1) is 9.79. The number of imidazole rings is 1. The summed E-state index contributed by atoms with van der Waals surface area (Å²) in [7, 11) is 0. The molecule has 1 amide bonds. The summed E-state index contributed by atoms with van der Waals surface area (Å²) in [5, 5.41) is 2.86. The van der Waals surface area contributed by atoms with E-state index in [9.17, 15) is 4.79 Å². The molecule has 2 aromatic heterocycles. The third kappa shape index (κ3) is 4.17. The molecule has 6 heteroatoms. The molecule has 0 fully saturated rings. The lowest BCUT2D eigenvalue weighted by molar-refractivity contribution is 0.0948. The summed E-state index contributed by atoms with van der Waals surface area (Å²) in [6, 6.07) is 3.52. The van der Waals surface area contributed by atoms with Crippen LogP contribution in [0.2, 0.25) is 0 Å². The first-order valence-electron chi connectivity index (χ1n) is 6.68. The fraction of sp³-hybridized carbons (Fsp3) is 0.357. The SMILES string of the molecule is NCc1ccc(C(=O)NCCCCn2ccnc2)nc1. The normalized spacial score (nSPS) is 10.4. The van der Waals surface area contributed by atoms with E-state index in [1.165, 1.54) is 0 Å². The second kappa shape index (κ2) is 7.40. The maximum Gasteiger partial charge on any atom is 0.269 e. The van der Waals surface area contributed by atoms with E-state index in [1.807, 2.05) is 16.8 Å². The van der Waals surface area contributed by atoms with Crippen LogP contribution in [-0.2, 0) is 13.1 Å². The van der Waals surface area contributed by atoms with E-state index >= 15 is 0 Å². The van der Waals surface area contributed by atoms with Crippen molar-refractivity contribution in [2.45, 2.75) is 25.9 Å². The molecule has 2 rings (SSSR count). The average molecular weight is 273 g/mol. The van der Waals surface area contributed by atoms with E-state index in [0.29, 0.717) is 18.8 Å². The van der Waals surface area contributed by atoms with Crippen molar-refractivity contribution in [1.82, 2.24) is 19.9 Å². The smallest absolute Gasteiger partial charge is 0.269 e. The van der Waals surface area contributed by atoms with Gasteiger partial charge in [-0.3, -0.25) is 9.78 Å². The zero-order valence-electron chi connectivity index (χ0n) is 11.3. The number of carbonyl (C=O) groups excluding carboxylic acids is 1. The number of aromatic nitrogens is 3. The van der Waals surface area contributed by atoms with Crippen LogP contribution in [0.3, 0.4) is 0 Å². The predicted molar refractivity (Wildman–Crippen MR) is 75.9 cm³/mol. The molecule has 0 aliphatic heterocycles. The van der Waals surface area contributed by atoms with Crippen molar-refractivity contribution in [3.8, 4) is 0 Å². The minimum atomic E-state index is -0.142. The highest BCUT2D eigenvalue weighted by Crippen LogP contribution is 2.00. The molecule has 0 aromatic carbocycles. The Morgan fingerprint density at radius 2 is 2.25 bits per heavy atom. The van der Waals surface area contributed by atoms with E-state index in [4.69, 9.17) is 5.73 Å². The minimum absolute atomic E-state index is 0.142. The molecule has 0 atom stereocenters. The van der Waals surface area contributed by atoms with Crippen LogP contribution < -0.4 is 11.1 Å². The zero-order valence-corrected chi connectivity index (χ0v) is 11.3. The van der Waals surface area contributed by atoms with Gasteiger partial charge in [-0.2, -0.15) is 0 Å². The maximum absolute atomic E-state index is 11.8. The van der Waals surface area contributed by atoms with Gasteiger partial charge in [-0.25, -0.2) is 4.98 Å². The first-order valence-corrected chi connectivity index (χ1v) is 6.68. The van der Waals surface area contributed by atoms with Crippen LogP contribution in [0.4, 0.5) is 0 Å². The number of hydrogen-bond acceptors (Lipinski definition) is 4. The largest absolute Gasteiger partial charge is 0.351 e. The molecule has 106 valence electrons. The number of nitrogens with zero attached hydrogens (tertiary/aromatic N) is 3. The molecular formula is C14H19N5O. The Labute approximate surface area is 118 Å². The molecule has 0 aliphatic rings. The third-order valence-electron chi connectivity index (χ3n) is 2.98. The van der Waals surface area contributed by atoms with Gasteiger partial charge in [0.2, 0.25) is 0 Å². The van der Waals surface area contributed by atoms with Crippen molar-refractivity contribution < 1.29 is 4.79 Å². The standard InChI is InChI=1S/C14H19N5O/c15-9-12-3-4-13(18-10-12)14(20)17-5-1-2-7-19-8-6-16-11-19/h3-4,6,8,10-11H,1-2,5,7,9,15H2,(H,17,20). The zero-order chi connectivity index (χ0) is 14.2. The van der Waals surface area contributed by atoms with Gasteiger partial charge in [-0.05, 0) is 24.5 Å². The minimum Gasteiger partial charge on any atom is -0.351 e. The molecule has 0 spiro atoms. The number of nitrogens with one attached hydrogen (secondary N) is 1. The van der Waals surface area contributed by atoms with Gasteiger partial charge in [0.1, 0.15) is 5.69 Å². The molecule has 2 heterocycles. The van der Waals surface area contributed by atoms with Gasteiger partial charge in [0.05, 0.1) is 6.33 Å².